The molecule has 7 nitrogen and oxygen atoms in total. The Bertz CT molecular complexity index is 855. The predicted octanol–water partition coefficient (Wildman–Crippen LogP) is 1.74. The van der Waals surface area contributed by atoms with Crippen molar-refractivity contribution in [3.8, 4) is 5.69 Å². The molecular weight excluding hydrogens is 312 g/mol. The van der Waals surface area contributed by atoms with Gasteiger partial charge in [0.1, 0.15) is 12.2 Å². The maximum atomic E-state index is 12.4. The van der Waals surface area contributed by atoms with Crippen molar-refractivity contribution in [1.29, 1.82) is 0 Å². The standard InChI is InChI=1S/C17H18N2O5/c1-10-6-7-19(16(21)15(10)17(22)23)12-4-5-13(11(2)8-12)18-14(20)9-24-3/h4-8H,9H2,1-3H3,(H,18,20)(H,22,23). The molecule has 7 heteroatoms. The van der Waals surface area contributed by atoms with Crippen molar-refractivity contribution in [2.24, 2.45) is 0 Å². The molecule has 126 valence electrons. The number of aryl methyl sites for hydroxylation is 2. The molecule has 1 amide bonds. The van der Waals surface area contributed by atoms with Crippen molar-refractivity contribution in [2.45, 2.75) is 13.8 Å². The van der Waals surface area contributed by atoms with Gasteiger partial charge in [0.15, 0.2) is 0 Å². The maximum Gasteiger partial charge on any atom is 0.341 e. The van der Waals surface area contributed by atoms with Crippen LogP contribution < -0.4 is 10.9 Å². The highest BCUT2D eigenvalue weighted by Gasteiger charge is 2.15. The number of hydrogen-bond donors (Lipinski definition) is 2. The molecule has 0 aliphatic carbocycles. The van der Waals surface area contributed by atoms with Crippen molar-refractivity contribution in [3.63, 3.8) is 0 Å². The van der Waals surface area contributed by atoms with Gasteiger partial charge in [-0.1, -0.05) is 0 Å². The number of hydrogen-bond acceptors (Lipinski definition) is 4. The zero-order valence-electron chi connectivity index (χ0n) is 13.6. The Morgan fingerprint density at radius 1 is 1.21 bits per heavy atom. The number of methoxy groups -OCH3 is 1. The number of anilines is 1. The van der Waals surface area contributed by atoms with E-state index in [-0.39, 0.29) is 18.1 Å². The van der Waals surface area contributed by atoms with Gasteiger partial charge in [0.2, 0.25) is 5.91 Å². The topological polar surface area (TPSA) is 97.6 Å². The van der Waals surface area contributed by atoms with E-state index in [9.17, 15) is 19.5 Å². The molecule has 0 aliphatic heterocycles. The van der Waals surface area contributed by atoms with E-state index in [1.54, 1.807) is 38.1 Å². The van der Waals surface area contributed by atoms with Crippen molar-refractivity contribution in [3.05, 3.63) is 57.5 Å². The van der Waals surface area contributed by atoms with Gasteiger partial charge in [0, 0.05) is 24.7 Å². The van der Waals surface area contributed by atoms with E-state index in [1.165, 1.54) is 17.9 Å². The molecule has 0 radical (unpaired) electrons. The number of nitrogens with zero attached hydrogens (tertiary/aromatic N) is 1. The largest absolute Gasteiger partial charge is 0.477 e. The van der Waals surface area contributed by atoms with Crippen LogP contribution in [-0.4, -0.2) is 35.3 Å². The molecule has 1 aromatic heterocycles. The number of carboxylic acid groups (broad SMARTS) is 1. The molecule has 0 saturated heterocycles. The number of aromatic carboxylic acids is 1. The highest BCUT2D eigenvalue weighted by atomic mass is 16.5. The molecule has 2 N–H and O–H groups in total. The molecule has 0 fully saturated rings. The number of ether oxygens (including phenoxy) is 1. The Balaban J connectivity index is 2.43. The first kappa shape index (κ1) is 17.4. The molecule has 2 rings (SSSR count). The lowest BCUT2D eigenvalue weighted by atomic mass is 10.1. The van der Waals surface area contributed by atoms with Gasteiger partial charge in [-0.15, -0.1) is 0 Å². The summed E-state index contributed by atoms with van der Waals surface area (Å²) in [6, 6.07) is 6.57. The van der Waals surface area contributed by atoms with Crippen molar-refractivity contribution in [1.82, 2.24) is 4.57 Å². The lowest BCUT2D eigenvalue weighted by Crippen LogP contribution is -2.26. The van der Waals surface area contributed by atoms with E-state index < -0.39 is 11.5 Å². The van der Waals surface area contributed by atoms with Crippen LogP contribution in [0.25, 0.3) is 5.69 Å². The molecule has 1 heterocycles. The number of aromatic nitrogens is 1. The van der Waals surface area contributed by atoms with Gasteiger partial charge in [-0.3, -0.25) is 14.2 Å². The Hall–Kier alpha value is -2.93. The van der Waals surface area contributed by atoms with E-state index in [0.717, 1.165) is 5.56 Å². The van der Waals surface area contributed by atoms with Gasteiger partial charge in [0.25, 0.3) is 5.56 Å². The summed E-state index contributed by atoms with van der Waals surface area (Å²) in [4.78, 5) is 35.2. The van der Waals surface area contributed by atoms with Crippen molar-refractivity contribution in [2.75, 3.05) is 19.0 Å². The zero-order chi connectivity index (χ0) is 17.9. The third-order valence-corrected chi connectivity index (χ3v) is 3.55. The molecule has 2 aromatic rings. The summed E-state index contributed by atoms with van der Waals surface area (Å²) in [6.07, 6.45) is 1.53. The van der Waals surface area contributed by atoms with Crippen LogP contribution in [0.3, 0.4) is 0 Å². The fraction of sp³-hybridized carbons (Fsp3) is 0.235. The van der Waals surface area contributed by atoms with Crippen LogP contribution in [0.5, 0.6) is 0 Å². The van der Waals surface area contributed by atoms with E-state index in [2.05, 4.69) is 5.32 Å². The van der Waals surface area contributed by atoms with E-state index in [0.29, 0.717) is 16.9 Å². The first-order chi connectivity index (χ1) is 11.3. The summed E-state index contributed by atoms with van der Waals surface area (Å²) in [7, 11) is 1.43. The smallest absolute Gasteiger partial charge is 0.341 e. The van der Waals surface area contributed by atoms with Crippen LogP contribution in [-0.2, 0) is 9.53 Å². The summed E-state index contributed by atoms with van der Waals surface area (Å²) in [5, 5.41) is 11.9. The molecule has 0 saturated carbocycles. The summed E-state index contributed by atoms with van der Waals surface area (Å²) < 4.78 is 6.03. The van der Waals surface area contributed by atoms with Gasteiger partial charge in [-0.2, -0.15) is 0 Å². The Morgan fingerprint density at radius 3 is 2.50 bits per heavy atom. The first-order valence-electron chi connectivity index (χ1n) is 7.20. The summed E-state index contributed by atoms with van der Waals surface area (Å²) >= 11 is 0. The lowest BCUT2D eigenvalue weighted by molar-refractivity contribution is -0.119. The SMILES string of the molecule is COCC(=O)Nc1ccc(-n2ccc(C)c(C(=O)O)c2=O)cc1C. The van der Waals surface area contributed by atoms with Crippen LogP contribution in [0, 0.1) is 13.8 Å². The van der Waals surface area contributed by atoms with Crippen LogP contribution in [0.1, 0.15) is 21.5 Å². The highest BCUT2D eigenvalue weighted by Crippen LogP contribution is 2.19. The van der Waals surface area contributed by atoms with Crippen molar-refractivity contribution < 1.29 is 19.4 Å². The second-order valence-corrected chi connectivity index (χ2v) is 5.33. The Kier molecular flexibility index (Phi) is 5.15. The van der Waals surface area contributed by atoms with Crippen LogP contribution in [0.2, 0.25) is 0 Å². The number of carbonyl (C=O) groups excluding carboxylic acids is 1. The lowest BCUT2D eigenvalue weighted by Gasteiger charge is -2.12. The zero-order valence-corrected chi connectivity index (χ0v) is 13.6. The van der Waals surface area contributed by atoms with Gasteiger partial charge in [-0.25, -0.2) is 4.79 Å². The average Bonchev–Trinajstić information content (AvgIpc) is 2.49. The summed E-state index contributed by atoms with van der Waals surface area (Å²) in [5.74, 6) is -1.54. The number of carboxylic acids is 1. The average molecular weight is 330 g/mol. The molecular formula is C17H18N2O5. The minimum Gasteiger partial charge on any atom is -0.477 e. The molecule has 0 spiro atoms. The molecule has 1 aromatic carbocycles. The quantitative estimate of drug-likeness (QED) is 0.870. The predicted molar refractivity (Wildman–Crippen MR) is 89.0 cm³/mol. The molecule has 0 aliphatic rings. The molecule has 0 bridgehead atoms. The molecule has 24 heavy (non-hydrogen) atoms. The molecule has 0 unspecified atom stereocenters. The number of benzene rings is 1. The first-order valence-corrected chi connectivity index (χ1v) is 7.20. The van der Waals surface area contributed by atoms with E-state index >= 15 is 0 Å². The number of nitrogens with one attached hydrogen (secondary N) is 1. The van der Waals surface area contributed by atoms with Gasteiger partial charge >= 0.3 is 5.97 Å². The number of amides is 1. The summed E-state index contributed by atoms with van der Waals surface area (Å²) in [6.45, 7) is 3.30. The normalized spacial score (nSPS) is 10.5. The van der Waals surface area contributed by atoms with Crippen LogP contribution >= 0.6 is 0 Å². The summed E-state index contributed by atoms with van der Waals surface area (Å²) in [5.41, 5.74) is 1.40. The van der Waals surface area contributed by atoms with E-state index in [1.807, 2.05) is 0 Å². The van der Waals surface area contributed by atoms with E-state index in [4.69, 9.17) is 4.74 Å². The Labute approximate surface area is 138 Å². The number of pyridine rings is 1. The number of rotatable bonds is 5. The van der Waals surface area contributed by atoms with Crippen LogP contribution in [0.4, 0.5) is 5.69 Å². The second kappa shape index (κ2) is 7.10. The maximum absolute atomic E-state index is 12.4. The minimum absolute atomic E-state index is 0.0550. The molecule has 0 atom stereocenters. The van der Waals surface area contributed by atoms with Crippen molar-refractivity contribution >= 4 is 17.6 Å². The Morgan fingerprint density at radius 2 is 1.92 bits per heavy atom. The van der Waals surface area contributed by atoms with Gasteiger partial charge < -0.3 is 15.2 Å². The minimum atomic E-state index is -1.26. The fourth-order valence-electron chi connectivity index (χ4n) is 2.35. The highest BCUT2D eigenvalue weighted by molar-refractivity contribution is 5.92. The number of carbonyl (C=O) groups is 2. The second-order valence-electron chi connectivity index (χ2n) is 5.33. The van der Waals surface area contributed by atoms with Gasteiger partial charge in [-0.05, 0) is 49.2 Å². The third-order valence-electron chi connectivity index (χ3n) is 3.55. The van der Waals surface area contributed by atoms with Gasteiger partial charge in [0.05, 0.1) is 0 Å². The fourth-order valence-corrected chi connectivity index (χ4v) is 2.35. The van der Waals surface area contributed by atoms with Crippen LogP contribution in [0.15, 0.2) is 35.3 Å². The monoisotopic (exact) mass is 330 g/mol. The third kappa shape index (κ3) is 3.52.